The van der Waals surface area contributed by atoms with Crippen molar-refractivity contribution in [2.75, 3.05) is 5.73 Å². The highest BCUT2D eigenvalue weighted by atomic mass is 16.1. The van der Waals surface area contributed by atoms with Crippen LogP contribution in [0.3, 0.4) is 0 Å². The Labute approximate surface area is 68.4 Å². The van der Waals surface area contributed by atoms with Gasteiger partial charge in [0.2, 0.25) is 5.91 Å². The smallest absolute Gasteiger partial charge is 0.249 e. The lowest BCUT2D eigenvalue weighted by Gasteiger charge is -1.94. The minimum Gasteiger partial charge on any atom is -0.399 e. The van der Waals surface area contributed by atoms with Crippen molar-refractivity contribution < 1.29 is 4.79 Å². The number of nitrogen functional groups attached to an aromatic ring is 1. The molecule has 0 aliphatic heterocycles. The number of amides is 1. The van der Waals surface area contributed by atoms with Crippen molar-refractivity contribution in [1.82, 2.24) is 0 Å². The van der Waals surface area contributed by atoms with Gasteiger partial charge in [-0.15, -0.1) is 0 Å². The fraction of sp³-hybridized carbons (Fsp3) is 0. The van der Waals surface area contributed by atoms with Crippen molar-refractivity contribution in [2.45, 2.75) is 0 Å². The summed E-state index contributed by atoms with van der Waals surface area (Å²) in [6.07, 6.45) is 0. The van der Waals surface area contributed by atoms with Crippen LogP contribution in [0.25, 0.3) is 10.4 Å². The van der Waals surface area contributed by atoms with Gasteiger partial charge in [-0.1, -0.05) is 12.1 Å². The number of hydrogen-bond acceptors (Lipinski definition) is 2. The van der Waals surface area contributed by atoms with Gasteiger partial charge < -0.3 is 5.73 Å². The predicted molar refractivity (Wildman–Crippen MR) is 44.3 cm³/mol. The predicted octanol–water partition coefficient (Wildman–Crippen LogP) is 1.72. The summed E-state index contributed by atoms with van der Waals surface area (Å²) < 4.78 is 0. The van der Waals surface area contributed by atoms with Crippen molar-refractivity contribution in [3.8, 4) is 0 Å². The normalized spacial score (nSPS) is 8.67. The van der Waals surface area contributed by atoms with Crippen LogP contribution >= 0.6 is 0 Å². The average Bonchev–Trinajstić information content (AvgIpc) is 2.05. The van der Waals surface area contributed by atoms with Gasteiger partial charge in [0.1, 0.15) is 0 Å². The molecule has 0 spiro atoms. The number of nitrogens with zero attached hydrogens (tertiary/aromatic N) is 3. The summed E-state index contributed by atoms with van der Waals surface area (Å²) >= 11 is 0. The number of azide groups is 1. The summed E-state index contributed by atoms with van der Waals surface area (Å²) in [5.41, 5.74) is 14.1. The van der Waals surface area contributed by atoms with Crippen LogP contribution in [0.15, 0.2) is 29.4 Å². The van der Waals surface area contributed by atoms with Gasteiger partial charge in [-0.3, -0.25) is 4.79 Å². The van der Waals surface area contributed by atoms with E-state index in [0.29, 0.717) is 11.3 Å². The van der Waals surface area contributed by atoms with Crippen molar-refractivity contribution in [1.29, 1.82) is 0 Å². The van der Waals surface area contributed by atoms with Crippen LogP contribution < -0.4 is 5.73 Å². The van der Waals surface area contributed by atoms with Crippen molar-refractivity contribution in [2.24, 2.45) is 5.11 Å². The van der Waals surface area contributed by atoms with Crippen molar-refractivity contribution in [3.05, 3.63) is 40.3 Å². The maximum absolute atomic E-state index is 10.9. The zero-order valence-corrected chi connectivity index (χ0v) is 6.14. The van der Waals surface area contributed by atoms with E-state index >= 15 is 0 Å². The lowest BCUT2D eigenvalue weighted by molar-refractivity contribution is 0.100. The van der Waals surface area contributed by atoms with E-state index in [1.165, 1.54) is 12.1 Å². The minimum atomic E-state index is -0.621. The molecule has 2 N–H and O–H groups in total. The third-order valence-corrected chi connectivity index (χ3v) is 1.27. The minimum absolute atomic E-state index is 0.299. The molecule has 0 bridgehead atoms. The zero-order valence-electron chi connectivity index (χ0n) is 6.14. The molecule has 0 saturated heterocycles. The Balaban J connectivity index is 3.03. The SMILES string of the molecule is [N-]=[N+]=NC(=O)c1cccc(N)c1. The number of nitrogens with two attached hydrogens (primary N) is 1. The fourth-order valence-corrected chi connectivity index (χ4v) is 0.770. The molecule has 1 aromatic carbocycles. The number of anilines is 1. The molecule has 0 aliphatic carbocycles. The molecule has 5 heteroatoms. The molecule has 60 valence electrons. The molecule has 1 rings (SSSR count). The first-order valence-corrected chi connectivity index (χ1v) is 3.19. The van der Waals surface area contributed by atoms with Crippen LogP contribution in [-0.4, -0.2) is 5.91 Å². The van der Waals surface area contributed by atoms with Gasteiger partial charge >= 0.3 is 0 Å². The van der Waals surface area contributed by atoms with Crippen LogP contribution in [0.5, 0.6) is 0 Å². The van der Waals surface area contributed by atoms with E-state index in [9.17, 15) is 4.79 Å². The van der Waals surface area contributed by atoms with Crippen LogP contribution in [-0.2, 0) is 0 Å². The summed E-state index contributed by atoms with van der Waals surface area (Å²) in [4.78, 5) is 13.3. The van der Waals surface area contributed by atoms with E-state index in [1.54, 1.807) is 12.1 Å². The van der Waals surface area contributed by atoms with Gasteiger partial charge in [-0.25, -0.2) is 0 Å². The Morgan fingerprint density at radius 3 is 2.92 bits per heavy atom. The Morgan fingerprint density at radius 1 is 1.58 bits per heavy atom. The standard InChI is InChI=1S/C7H6N4O/c8-6-3-1-2-5(4-6)7(12)10-11-9/h1-4H,8H2. The molecular formula is C7H6N4O. The third kappa shape index (κ3) is 1.74. The molecule has 0 aliphatic rings. The van der Waals surface area contributed by atoms with Gasteiger partial charge in [-0.05, 0) is 22.8 Å². The lowest BCUT2D eigenvalue weighted by atomic mass is 10.2. The quantitative estimate of drug-likeness (QED) is 0.294. The van der Waals surface area contributed by atoms with Gasteiger partial charge in [0, 0.05) is 16.2 Å². The number of carbonyl (C=O) groups is 1. The second-order valence-corrected chi connectivity index (χ2v) is 2.12. The number of hydrogen-bond donors (Lipinski definition) is 1. The van der Waals surface area contributed by atoms with E-state index in [0.717, 1.165) is 0 Å². The van der Waals surface area contributed by atoms with Crippen LogP contribution in [0.1, 0.15) is 10.4 Å². The molecule has 1 aromatic rings. The highest BCUT2D eigenvalue weighted by Crippen LogP contribution is 2.07. The maximum atomic E-state index is 10.9. The molecule has 0 fully saturated rings. The molecule has 5 nitrogen and oxygen atoms in total. The second-order valence-electron chi connectivity index (χ2n) is 2.12. The molecule has 1 amide bonds. The van der Waals surface area contributed by atoms with E-state index in [-0.39, 0.29) is 0 Å². The molecule has 0 radical (unpaired) electrons. The van der Waals surface area contributed by atoms with Gasteiger partial charge in [0.25, 0.3) is 0 Å². The summed E-state index contributed by atoms with van der Waals surface area (Å²) in [6.45, 7) is 0. The van der Waals surface area contributed by atoms with E-state index in [4.69, 9.17) is 11.3 Å². The molecule has 0 heterocycles. The van der Waals surface area contributed by atoms with Crippen molar-refractivity contribution >= 4 is 11.6 Å². The molecular weight excluding hydrogens is 156 g/mol. The largest absolute Gasteiger partial charge is 0.399 e. The lowest BCUT2D eigenvalue weighted by Crippen LogP contribution is -1.94. The first-order chi connectivity index (χ1) is 5.74. The first-order valence-electron chi connectivity index (χ1n) is 3.19. The monoisotopic (exact) mass is 162 g/mol. The second kappa shape index (κ2) is 3.41. The van der Waals surface area contributed by atoms with Crippen LogP contribution in [0, 0.1) is 0 Å². The summed E-state index contributed by atoms with van der Waals surface area (Å²) in [6, 6.07) is 6.26. The first kappa shape index (κ1) is 8.10. The fourth-order valence-electron chi connectivity index (χ4n) is 0.770. The van der Waals surface area contributed by atoms with Crippen LogP contribution in [0.4, 0.5) is 5.69 Å². The highest BCUT2D eigenvalue weighted by Gasteiger charge is 2.01. The number of benzene rings is 1. The summed E-state index contributed by atoms with van der Waals surface area (Å²) in [5, 5.41) is 2.92. The van der Waals surface area contributed by atoms with Gasteiger partial charge in [-0.2, -0.15) is 0 Å². The Kier molecular flexibility index (Phi) is 2.30. The summed E-state index contributed by atoms with van der Waals surface area (Å²) in [5.74, 6) is -0.621. The molecule has 12 heavy (non-hydrogen) atoms. The van der Waals surface area contributed by atoms with Crippen molar-refractivity contribution in [3.63, 3.8) is 0 Å². The van der Waals surface area contributed by atoms with E-state index in [2.05, 4.69) is 10.0 Å². The molecule has 0 atom stereocenters. The number of carbonyl (C=O) groups excluding carboxylic acids is 1. The Hall–Kier alpha value is -2.00. The topological polar surface area (TPSA) is 91.9 Å². The molecule has 0 aromatic heterocycles. The van der Waals surface area contributed by atoms with E-state index in [1.807, 2.05) is 0 Å². The summed E-state index contributed by atoms with van der Waals surface area (Å²) in [7, 11) is 0. The number of rotatable bonds is 1. The third-order valence-electron chi connectivity index (χ3n) is 1.27. The maximum Gasteiger partial charge on any atom is 0.249 e. The van der Waals surface area contributed by atoms with E-state index < -0.39 is 5.91 Å². The van der Waals surface area contributed by atoms with Gasteiger partial charge in [0.05, 0.1) is 0 Å². The molecule has 0 saturated carbocycles. The Bertz CT molecular complexity index is 354. The Morgan fingerprint density at radius 2 is 2.33 bits per heavy atom. The van der Waals surface area contributed by atoms with Crippen LogP contribution in [0.2, 0.25) is 0 Å². The highest BCUT2D eigenvalue weighted by molar-refractivity contribution is 5.95. The van der Waals surface area contributed by atoms with Gasteiger partial charge in [0.15, 0.2) is 0 Å². The zero-order chi connectivity index (χ0) is 8.97. The molecule has 0 unspecified atom stereocenters. The average molecular weight is 162 g/mol.